The fraction of sp³-hybridized carbons (Fsp3) is 0.545. The zero-order valence-electron chi connectivity index (χ0n) is 18.1. The SMILES string of the molecule is CN(C)CCCNc1nc(NCCN2CCN(C)CC2)cc(-c2ccccc2)n1. The van der Waals surface area contributed by atoms with Gasteiger partial charge in [-0.25, -0.2) is 4.98 Å². The summed E-state index contributed by atoms with van der Waals surface area (Å²) in [6.45, 7) is 8.38. The fourth-order valence-corrected chi connectivity index (χ4v) is 3.38. The molecule has 1 aromatic heterocycles. The van der Waals surface area contributed by atoms with Crippen molar-refractivity contribution in [1.29, 1.82) is 0 Å². The standard InChI is InChI=1S/C22H35N7/c1-27(2)12-7-10-24-22-25-20(19-8-5-4-6-9-19)18-21(26-22)23-11-13-29-16-14-28(3)15-17-29/h4-6,8-9,18H,7,10-17H2,1-3H3,(H2,23,24,25,26). The van der Waals surface area contributed by atoms with Gasteiger partial charge in [0.2, 0.25) is 5.95 Å². The Bertz CT molecular complexity index is 727. The summed E-state index contributed by atoms with van der Waals surface area (Å²) < 4.78 is 0. The van der Waals surface area contributed by atoms with Crippen LogP contribution in [0.2, 0.25) is 0 Å². The van der Waals surface area contributed by atoms with Gasteiger partial charge in [0.05, 0.1) is 5.69 Å². The molecule has 7 heteroatoms. The van der Waals surface area contributed by atoms with Gasteiger partial charge in [-0.3, -0.25) is 4.90 Å². The van der Waals surface area contributed by atoms with Crippen molar-refractivity contribution < 1.29 is 0 Å². The first-order valence-electron chi connectivity index (χ1n) is 10.6. The van der Waals surface area contributed by atoms with Crippen molar-refractivity contribution in [2.75, 3.05) is 84.1 Å². The van der Waals surface area contributed by atoms with Gasteiger partial charge in [0.15, 0.2) is 0 Å². The molecule has 0 atom stereocenters. The van der Waals surface area contributed by atoms with E-state index < -0.39 is 0 Å². The van der Waals surface area contributed by atoms with Crippen molar-refractivity contribution in [3.05, 3.63) is 36.4 Å². The summed E-state index contributed by atoms with van der Waals surface area (Å²) in [6.07, 6.45) is 1.05. The van der Waals surface area contributed by atoms with Gasteiger partial charge >= 0.3 is 0 Å². The molecule has 0 aliphatic carbocycles. The summed E-state index contributed by atoms with van der Waals surface area (Å²) in [5.74, 6) is 1.57. The molecule has 29 heavy (non-hydrogen) atoms. The third-order valence-corrected chi connectivity index (χ3v) is 5.19. The van der Waals surface area contributed by atoms with E-state index in [9.17, 15) is 0 Å². The highest BCUT2D eigenvalue weighted by atomic mass is 15.3. The average molecular weight is 398 g/mol. The quantitative estimate of drug-likeness (QED) is 0.596. The molecule has 0 radical (unpaired) electrons. The molecule has 1 saturated heterocycles. The molecule has 2 heterocycles. The van der Waals surface area contributed by atoms with Crippen LogP contribution < -0.4 is 10.6 Å². The predicted molar refractivity (Wildman–Crippen MR) is 122 cm³/mol. The monoisotopic (exact) mass is 397 g/mol. The Morgan fingerprint density at radius 1 is 0.966 bits per heavy atom. The van der Waals surface area contributed by atoms with Gasteiger partial charge in [-0.05, 0) is 34.1 Å². The van der Waals surface area contributed by atoms with E-state index in [1.54, 1.807) is 0 Å². The van der Waals surface area contributed by atoms with E-state index in [4.69, 9.17) is 9.97 Å². The Morgan fingerprint density at radius 2 is 1.72 bits per heavy atom. The van der Waals surface area contributed by atoms with E-state index in [-0.39, 0.29) is 0 Å². The predicted octanol–water partition coefficient (Wildman–Crippen LogP) is 2.17. The van der Waals surface area contributed by atoms with Gasteiger partial charge in [-0.15, -0.1) is 0 Å². The van der Waals surface area contributed by atoms with Crippen LogP contribution in [0.3, 0.4) is 0 Å². The number of hydrogen-bond donors (Lipinski definition) is 2. The molecule has 0 bridgehead atoms. The number of piperazine rings is 1. The van der Waals surface area contributed by atoms with E-state index in [1.165, 1.54) is 0 Å². The summed E-state index contributed by atoms with van der Waals surface area (Å²) in [4.78, 5) is 16.5. The average Bonchev–Trinajstić information content (AvgIpc) is 2.73. The van der Waals surface area contributed by atoms with E-state index in [2.05, 4.69) is 58.6 Å². The molecule has 2 N–H and O–H groups in total. The largest absolute Gasteiger partial charge is 0.369 e. The normalized spacial score (nSPS) is 15.6. The maximum Gasteiger partial charge on any atom is 0.225 e. The molecule has 7 nitrogen and oxygen atoms in total. The second kappa shape index (κ2) is 11.1. The van der Waals surface area contributed by atoms with E-state index in [0.717, 1.165) is 75.9 Å². The summed E-state index contributed by atoms with van der Waals surface area (Å²) >= 11 is 0. The summed E-state index contributed by atoms with van der Waals surface area (Å²) in [5.41, 5.74) is 2.05. The van der Waals surface area contributed by atoms with Crippen LogP contribution in [0.25, 0.3) is 11.3 Å². The highest BCUT2D eigenvalue weighted by Gasteiger charge is 2.13. The molecule has 3 rings (SSSR count). The van der Waals surface area contributed by atoms with Gasteiger partial charge in [0, 0.05) is 57.4 Å². The Balaban J connectivity index is 1.62. The fourth-order valence-electron chi connectivity index (χ4n) is 3.38. The van der Waals surface area contributed by atoms with Gasteiger partial charge < -0.3 is 20.4 Å². The van der Waals surface area contributed by atoms with Crippen molar-refractivity contribution in [3.8, 4) is 11.3 Å². The van der Waals surface area contributed by atoms with Gasteiger partial charge in [-0.1, -0.05) is 30.3 Å². The maximum absolute atomic E-state index is 4.73. The van der Waals surface area contributed by atoms with Crippen LogP contribution in [-0.2, 0) is 0 Å². The minimum Gasteiger partial charge on any atom is -0.369 e. The molecule has 2 aromatic rings. The number of aromatic nitrogens is 2. The third-order valence-electron chi connectivity index (χ3n) is 5.19. The molecule has 1 aliphatic rings. The van der Waals surface area contributed by atoms with Crippen molar-refractivity contribution in [2.45, 2.75) is 6.42 Å². The first-order valence-corrected chi connectivity index (χ1v) is 10.6. The van der Waals surface area contributed by atoms with E-state index in [0.29, 0.717) is 5.95 Å². The van der Waals surface area contributed by atoms with Crippen LogP contribution >= 0.6 is 0 Å². The third kappa shape index (κ3) is 7.27. The van der Waals surface area contributed by atoms with Gasteiger partial charge in [0.1, 0.15) is 5.82 Å². The molecule has 0 saturated carbocycles. The van der Waals surface area contributed by atoms with Crippen LogP contribution in [-0.4, -0.2) is 98.2 Å². The van der Waals surface area contributed by atoms with Crippen molar-refractivity contribution in [1.82, 2.24) is 24.7 Å². The molecule has 1 fully saturated rings. The second-order valence-corrected chi connectivity index (χ2v) is 7.98. The molecular weight excluding hydrogens is 362 g/mol. The second-order valence-electron chi connectivity index (χ2n) is 7.98. The first-order chi connectivity index (χ1) is 14.1. The Morgan fingerprint density at radius 3 is 2.45 bits per heavy atom. The van der Waals surface area contributed by atoms with Gasteiger partial charge in [0.25, 0.3) is 0 Å². The van der Waals surface area contributed by atoms with Crippen LogP contribution in [0.15, 0.2) is 36.4 Å². The molecule has 0 amide bonds. The van der Waals surface area contributed by atoms with Crippen molar-refractivity contribution in [3.63, 3.8) is 0 Å². The van der Waals surface area contributed by atoms with Crippen molar-refractivity contribution >= 4 is 11.8 Å². The molecule has 1 aromatic carbocycles. The number of hydrogen-bond acceptors (Lipinski definition) is 7. The van der Waals surface area contributed by atoms with E-state index in [1.807, 2.05) is 24.3 Å². The highest BCUT2D eigenvalue weighted by molar-refractivity contribution is 5.64. The van der Waals surface area contributed by atoms with Crippen LogP contribution in [0, 0.1) is 0 Å². The molecule has 0 unspecified atom stereocenters. The number of benzene rings is 1. The van der Waals surface area contributed by atoms with Crippen LogP contribution in [0.4, 0.5) is 11.8 Å². The minimum absolute atomic E-state index is 0.687. The maximum atomic E-state index is 4.73. The summed E-state index contributed by atoms with van der Waals surface area (Å²) in [7, 11) is 6.37. The van der Waals surface area contributed by atoms with Gasteiger partial charge in [-0.2, -0.15) is 4.98 Å². The molecular formula is C22H35N7. The van der Waals surface area contributed by atoms with Crippen molar-refractivity contribution in [2.24, 2.45) is 0 Å². The summed E-state index contributed by atoms with van der Waals surface area (Å²) in [5, 5.41) is 6.90. The number of nitrogens with zero attached hydrogens (tertiary/aromatic N) is 5. The highest BCUT2D eigenvalue weighted by Crippen LogP contribution is 2.21. The van der Waals surface area contributed by atoms with Crippen LogP contribution in [0.1, 0.15) is 6.42 Å². The number of nitrogens with one attached hydrogen (secondary N) is 2. The lowest BCUT2D eigenvalue weighted by molar-refractivity contribution is 0.158. The molecule has 1 aliphatic heterocycles. The molecule has 158 valence electrons. The minimum atomic E-state index is 0.687. The number of likely N-dealkylation sites (N-methyl/N-ethyl adjacent to an activating group) is 1. The number of rotatable bonds is 10. The Hall–Kier alpha value is -2.22. The van der Waals surface area contributed by atoms with E-state index >= 15 is 0 Å². The zero-order chi connectivity index (χ0) is 20.5. The Labute approximate surface area is 175 Å². The first kappa shape index (κ1) is 21.5. The lowest BCUT2D eigenvalue weighted by Crippen LogP contribution is -2.45. The lowest BCUT2D eigenvalue weighted by Gasteiger charge is -2.32. The summed E-state index contributed by atoms with van der Waals surface area (Å²) in [6, 6.07) is 12.3. The van der Waals surface area contributed by atoms with Crippen LogP contribution in [0.5, 0.6) is 0 Å². The smallest absolute Gasteiger partial charge is 0.225 e. The number of anilines is 2. The topological polar surface area (TPSA) is 59.6 Å². The Kier molecular flexibility index (Phi) is 8.22. The lowest BCUT2D eigenvalue weighted by atomic mass is 10.1. The molecule has 0 spiro atoms. The zero-order valence-corrected chi connectivity index (χ0v) is 18.1.